The number of hydrogen-bond donors (Lipinski definition) is 3. The predicted molar refractivity (Wildman–Crippen MR) is 113 cm³/mol. The van der Waals surface area contributed by atoms with E-state index in [-0.39, 0.29) is 22.1 Å². The number of carbonyl (C=O) groups is 2. The lowest BCUT2D eigenvalue weighted by molar-refractivity contribution is -0.148. The maximum Gasteiger partial charge on any atom is 0.242 e. The second-order valence-electron chi connectivity index (χ2n) is 9.62. The van der Waals surface area contributed by atoms with Crippen molar-refractivity contribution in [2.75, 3.05) is 6.54 Å². The number of nitrogens with one attached hydrogen (secondary N) is 2. The van der Waals surface area contributed by atoms with Crippen molar-refractivity contribution in [2.45, 2.75) is 62.8 Å². The molecule has 4 aliphatic rings. The Morgan fingerprint density at radius 2 is 1.60 bits per heavy atom. The van der Waals surface area contributed by atoms with Gasteiger partial charge in [-0.05, 0) is 87.3 Å². The molecule has 0 radical (unpaired) electrons. The number of primary sulfonamides is 1. The number of rotatable bonds is 7. The smallest absolute Gasteiger partial charge is 0.242 e. The standard InChI is InChI=1S/C22H31N3O4S/c1-14(20(26)24-7-6-15-2-4-19(5-3-15)30(23,28)29)25-21(27)22-11-16-8-17(12-22)10-18(9-16)13-22/h2-5,14,16-18H,6-13H2,1H3,(H,24,26)(H,25,27)(H2,23,28,29). The lowest BCUT2D eigenvalue weighted by atomic mass is 9.49. The third-order valence-corrected chi connectivity index (χ3v) is 8.15. The molecule has 5 rings (SSSR count). The van der Waals surface area contributed by atoms with E-state index in [4.69, 9.17) is 5.14 Å². The van der Waals surface area contributed by atoms with Crippen LogP contribution in [0.25, 0.3) is 0 Å². The van der Waals surface area contributed by atoms with E-state index >= 15 is 0 Å². The minimum Gasteiger partial charge on any atom is -0.354 e. The van der Waals surface area contributed by atoms with Gasteiger partial charge in [-0.1, -0.05) is 12.1 Å². The maximum atomic E-state index is 13.1. The largest absolute Gasteiger partial charge is 0.354 e. The van der Waals surface area contributed by atoms with Crippen molar-refractivity contribution in [3.05, 3.63) is 29.8 Å². The summed E-state index contributed by atoms with van der Waals surface area (Å²) < 4.78 is 22.6. The molecular formula is C22H31N3O4S. The molecule has 4 aliphatic carbocycles. The molecular weight excluding hydrogens is 402 g/mol. The van der Waals surface area contributed by atoms with Crippen LogP contribution in [-0.2, 0) is 26.0 Å². The molecule has 2 amide bonds. The van der Waals surface area contributed by atoms with Gasteiger partial charge in [0.15, 0.2) is 0 Å². The second-order valence-corrected chi connectivity index (χ2v) is 11.2. The van der Waals surface area contributed by atoms with Gasteiger partial charge in [0.25, 0.3) is 0 Å². The van der Waals surface area contributed by atoms with Gasteiger partial charge in [-0.15, -0.1) is 0 Å². The lowest BCUT2D eigenvalue weighted by Crippen LogP contribution is -2.56. The number of carbonyl (C=O) groups excluding carboxylic acids is 2. The number of sulfonamides is 1. The fourth-order valence-electron chi connectivity index (χ4n) is 6.13. The quantitative estimate of drug-likeness (QED) is 0.606. The Kier molecular flexibility index (Phi) is 5.66. The predicted octanol–water partition coefficient (Wildman–Crippen LogP) is 1.71. The zero-order chi connectivity index (χ0) is 21.5. The van der Waals surface area contributed by atoms with E-state index < -0.39 is 16.1 Å². The molecule has 164 valence electrons. The molecule has 8 heteroatoms. The number of nitrogens with two attached hydrogens (primary N) is 1. The molecule has 1 atom stereocenters. The Balaban J connectivity index is 1.26. The van der Waals surface area contributed by atoms with Crippen LogP contribution in [0, 0.1) is 23.2 Å². The first kappa shape index (κ1) is 21.3. The Hall–Kier alpha value is -1.93. The van der Waals surface area contributed by atoms with Crippen molar-refractivity contribution in [1.29, 1.82) is 0 Å². The van der Waals surface area contributed by atoms with Crippen molar-refractivity contribution in [3.8, 4) is 0 Å². The summed E-state index contributed by atoms with van der Waals surface area (Å²) in [6, 6.07) is 5.71. The molecule has 4 saturated carbocycles. The van der Waals surface area contributed by atoms with Gasteiger partial charge in [0.05, 0.1) is 4.90 Å². The van der Waals surface area contributed by atoms with Gasteiger partial charge < -0.3 is 10.6 Å². The zero-order valence-electron chi connectivity index (χ0n) is 17.4. The van der Waals surface area contributed by atoms with E-state index in [0.29, 0.717) is 30.7 Å². The van der Waals surface area contributed by atoms with Gasteiger partial charge in [0.2, 0.25) is 21.8 Å². The van der Waals surface area contributed by atoms with Gasteiger partial charge in [0.1, 0.15) is 6.04 Å². The van der Waals surface area contributed by atoms with Crippen molar-refractivity contribution < 1.29 is 18.0 Å². The summed E-state index contributed by atoms with van der Waals surface area (Å²) in [7, 11) is -3.70. The molecule has 0 aliphatic heterocycles. The average Bonchev–Trinajstić information content (AvgIpc) is 2.66. The molecule has 30 heavy (non-hydrogen) atoms. The topological polar surface area (TPSA) is 118 Å². The number of amides is 2. The molecule has 4 fully saturated rings. The molecule has 0 saturated heterocycles. The van der Waals surface area contributed by atoms with Crippen LogP contribution in [-0.4, -0.2) is 32.8 Å². The molecule has 0 heterocycles. The summed E-state index contributed by atoms with van der Waals surface area (Å²) >= 11 is 0. The van der Waals surface area contributed by atoms with Crippen LogP contribution >= 0.6 is 0 Å². The fraction of sp³-hybridized carbons (Fsp3) is 0.636. The summed E-state index contributed by atoms with van der Waals surface area (Å²) in [5.41, 5.74) is 0.641. The Morgan fingerprint density at radius 3 is 2.10 bits per heavy atom. The Morgan fingerprint density at radius 1 is 1.07 bits per heavy atom. The number of benzene rings is 1. The van der Waals surface area contributed by atoms with Crippen LogP contribution in [0.4, 0.5) is 0 Å². The van der Waals surface area contributed by atoms with Crippen LogP contribution < -0.4 is 15.8 Å². The van der Waals surface area contributed by atoms with E-state index in [1.54, 1.807) is 19.1 Å². The van der Waals surface area contributed by atoms with Crippen LogP contribution in [0.5, 0.6) is 0 Å². The SMILES string of the molecule is CC(NC(=O)C12CC3CC(CC(C3)C1)C2)C(=O)NCCc1ccc(S(N)(=O)=O)cc1. The summed E-state index contributed by atoms with van der Waals surface area (Å²) in [6.45, 7) is 2.14. The minimum atomic E-state index is -3.70. The van der Waals surface area contributed by atoms with Crippen molar-refractivity contribution >= 4 is 21.8 Å². The molecule has 7 nitrogen and oxygen atoms in total. The van der Waals surface area contributed by atoms with Crippen LogP contribution in [0.3, 0.4) is 0 Å². The average molecular weight is 434 g/mol. The minimum absolute atomic E-state index is 0.0582. The maximum absolute atomic E-state index is 13.1. The van der Waals surface area contributed by atoms with Gasteiger partial charge in [-0.25, -0.2) is 13.6 Å². The van der Waals surface area contributed by atoms with Gasteiger partial charge in [-0.2, -0.15) is 0 Å². The Labute approximate surface area is 178 Å². The first-order chi connectivity index (χ1) is 14.1. The van der Waals surface area contributed by atoms with Gasteiger partial charge in [0, 0.05) is 12.0 Å². The summed E-state index contributed by atoms with van der Waals surface area (Å²) in [5, 5.41) is 10.9. The molecule has 0 spiro atoms. The van der Waals surface area contributed by atoms with Crippen molar-refractivity contribution in [3.63, 3.8) is 0 Å². The highest BCUT2D eigenvalue weighted by atomic mass is 32.2. The monoisotopic (exact) mass is 433 g/mol. The van der Waals surface area contributed by atoms with E-state index in [2.05, 4.69) is 10.6 Å². The van der Waals surface area contributed by atoms with E-state index in [1.807, 2.05) is 0 Å². The highest BCUT2D eigenvalue weighted by Gasteiger charge is 2.54. The van der Waals surface area contributed by atoms with E-state index in [1.165, 1.54) is 31.4 Å². The first-order valence-corrected chi connectivity index (χ1v) is 12.4. The molecule has 4 N–H and O–H groups in total. The Bertz CT molecular complexity index is 891. The van der Waals surface area contributed by atoms with Crippen LogP contribution in [0.15, 0.2) is 29.2 Å². The van der Waals surface area contributed by atoms with Crippen LogP contribution in [0.2, 0.25) is 0 Å². The van der Waals surface area contributed by atoms with Crippen molar-refractivity contribution in [1.82, 2.24) is 10.6 Å². The van der Waals surface area contributed by atoms with Gasteiger partial charge in [-0.3, -0.25) is 9.59 Å². The summed E-state index contributed by atoms with van der Waals surface area (Å²) in [4.78, 5) is 25.6. The highest BCUT2D eigenvalue weighted by Crippen LogP contribution is 2.60. The van der Waals surface area contributed by atoms with E-state index in [0.717, 1.165) is 24.8 Å². The normalized spacial score (nSPS) is 30.7. The molecule has 1 unspecified atom stereocenters. The number of hydrogen-bond acceptors (Lipinski definition) is 4. The second kappa shape index (κ2) is 7.96. The van der Waals surface area contributed by atoms with Gasteiger partial charge >= 0.3 is 0 Å². The van der Waals surface area contributed by atoms with E-state index in [9.17, 15) is 18.0 Å². The third kappa shape index (κ3) is 4.39. The lowest BCUT2D eigenvalue weighted by Gasteiger charge is -2.55. The van der Waals surface area contributed by atoms with Crippen molar-refractivity contribution in [2.24, 2.45) is 28.3 Å². The zero-order valence-corrected chi connectivity index (χ0v) is 18.2. The highest BCUT2D eigenvalue weighted by molar-refractivity contribution is 7.89. The fourth-order valence-corrected chi connectivity index (χ4v) is 6.65. The molecule has 0 aromatic heterocycles. The summed E-state index contributed by atoms with van der Waals surface area (Å²) in [5.74, 6) is 1.92. The van der Waals surface area contributed by atoms with Crippen LogP contribution in [0.1, 0.15) is 51.0 Å². The first-order valence-electron chi connectivity index (χ1n) is 10.8. The molecule has 1 aromatic rings. The molecule has 4 bridgehead atoms. The molecule has 1 aromatic carbocycles. The summed E-state index contributed by atoms with van der Waals surface area (Å²) in [6.07, 6.45) is 7.34. The third-order valence-electron chi connectivity index (χ3n) is 7.23.